The number of carbonyl (C=O) groups excluding carboxylic acids is 1. The first kappa shape index (κ1) is 21.4. The van der Waals surface area contributed by atoms with Crippen molar-refractivity contribution < 1.29 is 33.0 Å². The largest absolute Gasteiger partial charge is 0.481 e. The number of sulfone groups is 1. The Morgan fingerprint density at radius 1 is 1.12 bits per heavy atom. The van der Waals surface area contributed by atoms with E-state index < -0.39 is 39.6 Å². The molecular formula is C17H21NO7S. The number of amides is 1. The summed E-state index contributed by atoms with van der Waals surface area (Å²) in [5, 5.41) is 19.3. The molecule has 0 bridgehead atoms. The fraction of sp³-hybridized carbons (Fsp3) is 0.353. The molecule has 0 spiro atoms. The second-order valence-corrected chi connectivity index (χ2v) is 7.34. The van der Waals surface area contributed by atoms with Gasteiger partial charge in [0.1, 0.15) is 0 Å². The molecule has 0 unspecified atom stereocenters. The third kappa shape index (κ3) is 4.69. The summed E-state index contributed by atoms with van der Waals surface area (Å²) < 4.78 is 24.4. The van der Waals surface area contributed by atoms with E-state index in [1.807, 2.05) is 0 Å². The lowest BCUT2D eigenvalue weighted by Gasteiger charge is -2.38. The number of rotatable bonds is 9. The minimum absolute atomic E-state index is 0.0161. The highest BCUT2D eigenvalue weighted by atomic mass is 32.2. The molecular weight excluding hydrogens is 362 g/mol. The van der Waals surface area contributed by atoms with Crippen molar-refractivity contribution in [3.05, 3.63) is 41.8 Å². The number of hydrogen-bond acceptors (Lipinski definition) is 5. The number of hydrogen-bond donors (Lipinski definition) is 2. The van der Waals surface area contributed by atoms with Crippen molar-refractivity contribution in [3.8, 4) is 0 Å². The minimum atomic E-state index is -3.88. The highest BCUT2D eigenvalue weighted by Crippen LogP contribution is 2.26. The molecule has 0 aromatic heterocycles. The second kappa shape index (κ2) is 8.61. The topological polar surface area (TPSA) is 129 Å². The monoisotopic (exact) mass is 383 g/mol. The Morgan fingerprint density at radius 3 is 2.12 bits per heavy atom. The number of nitrogens with zero attached hydrogens (tertiary/aromatic N) is 1. The van der Waals surface area contributed by atoms with E-state index in [2.05, 4.69) is 0 Å². The normalized spacial score (nSPS) is 13.9. The van der Waals surface area contributed by atoms with E-state index in [4.69, 9.17) is 5.11 Å². The third-order valence-electron chi connectivity index (χ3n) is 3.99. The van der Waals surface area contributed by atoms with Crippen LogP contribution in [0, 0.1) is 0 Å². The van der Waals surface area contributed by atoms with E-state index in [1.165, 1.54) is 38.1 Å². The maximum Gasteiger partial charge on any atom is 0.330 e. The molecule has 142 valence electrons. The molecule has 26 heavy (non-hydrogen) atoms. The van der Waals surface area contributed by atoms with Crippen molar-refractivity contribution in [2.45, 2.75) is 37.1 Å². The van der Waals surface area contributed by atoms with Crippen LogP contribution in [0.2, 0.25) is 0 Å². The molecule has 0 radical (unpaired) electrons. The van der Waals surface area contributed by atoms with Crippen molar-refractivity contribution >= 4 is 27.7 Å². The molecule has 0 aliphatic rings. The van der Waals surface area contributed by atoms with Gasteiger partial charge in [0.25, 0.3) is 0 Å². The summed E-state index contributed by atoms with van der Waals surface area (Å²) in [6.07, 6.45) is -0.188. The highest BCUT2D eigenvalue weighted by Gasteiger charge is 2.46. The van der Waals surface area contributed by atoms with E-state index in [0.29, 0.717) is 5.41 Å². The number of aliphatic carboxylic acids is 2. The van der Waals surface area contributed by atoms with E-state index >= 15 is 0 Å². The van der Waals surface area contributed by atoms with Gasteiger partial charge < -0.3 is 15.1 Å². The lowest BCUT2D eigenvalue weighted by Crippen LogP contribution is -2.57. The van der Waals surface area contributed by atoms with Gasteiger partial charge in [0.05, 0.1) is 11.3 Å². The van der Waals surface area contributed by atoms with Crippen LogP contribution in [-0.2, 0) is 24.2 Å². The fourth-order valence-electron chi connectivity index (χ4n) is 2.60. The molecule has 0 fully saturated rings. The number of likely N-dealkylation sites (N-methyl/N-ethyl adjacent to an activating group) is 1. The molecule has 0 aliphatic carbocycles. The van der Waals surface area contributed by atoms with Gasteiger partial charge in [-0.25, -0.2) is 13.2 Å². The van der Waals surface area contributed by atoms with E-state index in [9.17, 15) is 27.9 Å². The standard InChI is InChI=1S/C17H21NO7S/c1-3-17(16(22)23,12-15(20)21)18(4-2)14(19)10-11-26(24,25)13-8-6-5-7-9-13/h5-11H,3-4,12H2,1-2H3,(H,20,21)(H,22,23)/t17-/m1/s1. The molecule has 1 rings (SSSR count). The van der Waals surface area contributed by atoms with Gasteiger partial charge in [-0.15, -0.1) is 0 Å². The predicted molar refractivity (Wildman–Crippen MR) is 93.1 cm³/mol. The summed E-state index contributed by atoms with van der Waals surface area (Å²) in [5.74, 6) is -3.73. The van der Waals surface area contributed by atoms with Gasteiger partial charge in [0.15, 0.2) is 15.4 Å². The first-order valence-electron chi connectivity index (χ1n) is 7.85. The number of benzene rings is 1. The van der Waals surface area contributed by atoms with Crippen LogP contribution >= 0.6 is 0 Å². The van der Waals surface area contributed by atoms with Crippen LogP contribution in [0.25, 0.3) is 0 Å². The van der Waals surface area contributed by atoms with Crippen LogP contribution in [0.4, 0.5) is 0 Å². The number of carbonyl (C=O) groups is 3. The van der Waals surface area contributed by atoms with Crippen LogP contribution in [0.1, 0.15) is 26.7 Å². The molecule has 1 aromatic rings. The molecule has 0 heterocycles. The molecule has 1 aromatic carbocycles. The highest BCUT2D eigenvalue weighted by molar-refractivity contribution is 7.94. The zero-order valence-corrected chi connectivity index (χ0v) is 15.3. The van der Waals surface area contributed by atoms with E-state index in [0.717, 1.165) is 11.0 Å². The zero-order chi connectivity index (χ0) is 20.0. The Bertz CT molecular complexity index is 802. The first-order valence-corrected chi connectivity index (χ1v) is 9.40. The smallest absolute Gasteiger partial charge is 0.330 e. The molecule has 0 saturated carbocycles. The molecule has 8 nitrogen and oxygen atoms in total. The van der Waals surface area contributed by atoms with Crippen molar-refractivity contribution in [1.29, 1.82) is 0 Å². The van der Waals surface area contributed by atoms with Crippen LogP contribution < -0.4 is 0 Å². The Kier molecular flexibility index (Phi) is 7.08. The Morgan fingerprint density at radius 2 is 1.69 bits per heavy atom. The van der Waals surface area contributed by atoms with Gasteiger partial charge in [-0.3, -0.25) is 9.59 Å². The average Bonchev–Trinajstić information content (AvgIpc) is 2.59. The van der Waals surface area contributed by atoms with Crippen molar-refractivity contribution in [3.63, 3.8) is 0 Å². The quantitative estimate of drug-likeness (QED) is 0.619. The summed E-state index contributed by atoms with van der Waals surface area (Å²) in [7, 11) is -3.88. The van der Waals surface area contributed by atoms with Gasteiger partial charge in [-0.2, -0.15) is 0 Å². The van der Waals surface area contributed by atoms with E-state index in [1.54, 1.807) is 6.07 Å². The van der Waals surface area contributed by atoms with Crippen LogP contribution in [0.15, 0.2) is 46.7 Å². The predicted octanol–water partition coefficient (Wildman–Crippen LogP) is 1.53. The zero-order valence-electron chi connectivity index (χ0n) is 14.5. The van der Waals surface area contributed by atoms with Crippen LogP contribution in [-0.4, -0.2) is 53.5 Å². The van der Waals surface area contributed by atoms with Crippen molar-refractivity contribution in [2.75, 3.05) is 6.54 Å². The Balaban J connectivity index is 3.22. The summed E-state index contributed by atoms with van der Waals surface area (Å²) >= 11 is 0. The van der Waals surface area contributed by atoms with Crippen LogP contribution in [0.5, 0.6) is 0 Å². The second-order valence-electron chi connectivity index (χ2n) is 5.50. The summed E-state index contributed by atoms with van der Waals surface area (Å²) in [6.45, 7) is 2.85. The lowest BCUT2D eigenvalue weighted by atomic mass is 9.89. The Labute approximate surface area is 151 Å². The molecule has 1 amide bonds. The Hall–Kier alpha value is -2.68. The number of carboxylic acids is 2. The van der Waals surface area contributed by atoms with Gasteiger partial charge >= 0.3 is 11.9 Å². The SMILES string of the molecule is CCN(C(=O)C=CS(=O)(=O)c1ccccc1)[C@](CC)(CC(=O)O)C(=O)O. The van der Waals surface area contributed by atoms with Gasteiger partial charge in [0, 0.05) is 18.0 Å². The summed E-state index contributed by atoms with van der Waals surface area (Å²) in [5.41, 5.74) is -1.96. The van der Waals surface area contributed by atoms with Gasteiger partial charge in [-0.05, 0) is 25.5 Å². The maximum atomic E-state index is 12.5. The molecule has 0 aliphatic heterocycles. The molecule has 0 saturated heterocycles. The fourth-order valence-corrected chi connectivity index (χ4v) is 3.59. The molecule has 1 atom stereocenters. The molecule has 2 N–H and O–H groups in total. The minimum Gasteiger partial charge on any atom is -0.481 e. The van der Waals surface area contributed by atoms with Crippen molar-refractivity contribution in [2.24, 2.45) is 0 Å². The molecule has 9 heteroatoms. The first-order chi connectivity index (χ1) is 12.1. The van der Waals surface area contributed by atoms with Crippen molar-refractivity contribution in [1.82, 2.24) is 4.90 Å². The van der Waals surface area contributed by atoms with Gasteiger partial charge in [-0.1, -0.05) is 25.1 Å². The van der Waals surface area contributed by atoms with Crippen LogP contribution in [0.3, 0.4) is 0 Å². The maximum absolute atomic E-state index is 12.5. The number of carboxylic acid groups (broad SMARTS) is 2. The summed E-state index contributed by atoms with van der Waals surface area (Å²) in [4.78, 5) is 36.1. The third-order valence-corrected chi connectivity index (χ3v) is 5.41. The lowest BCUT2D eigenvalue weighted by molar-refractivity contribution is -0.163. The average molecular weight is 383 g/mol. The van der Waals surface area contributed by atoms with E-state index in [-0.39, 0.29) is 17.9 Å². The van der Waals surface area contributed by atoms with Gasteiger partial charge in [0.2, 0.25) is 5.91 Å². The summed E-state index contributed by atoms with van der Waals surface area (Å²) in [6, 6.07) is 7.42.